The Kier molecular flexibility index (Phi) is 4.63. The van der Waals surface area contributed by atoms with Gasteiger partial charge in [-0.3, -0.25) is 0 Å². The summed E-state index contributed by atoms with van der Waals surface area (Å²) in [6, 6.07) is 14.8. The maximum atomic E-state index is 5.83. The first-order chi connectivity index (χ1) is 10.7. The van der Waals surface area contributed by atoms with Crippen molar-refractivity contribution in [2.75, 3.05) is 18.0 Å². The van der Waals surface area contributed by atoms with Crippen LogP contribution in [0, 0.1) is 0 Å². The number of anilines is 1. The van der Waals surface area contributed by atoms with Gasteiger partial charge in [-0.2, -0.15) is 0 Å². The lowest BCUT2D eigenvalue weighted by Gasteiger charge is -2.42. The molecule has 0 N–H and O–H groups in total. The molecule has 0 saturated carbocycles. The number of benzene rings is 1. The van der Waals surface area contributed by atoms with Gasteiger partial charge in [0.15, 0.2) is 11.0 Å². The molecule has 1 aromatic heterocycles. The molecular weight excluding hydrogens is 294 g/mol. The monoisotopic (exact) mass is 315 g/mol. The molecule has 4 heteroatoms. The normalized spacial score (nSPS) is 17.5. The summed E-state index contributed by atoms with van der Waals surface area (Å²) in [5.41, 5.74) is 1.80. The Bertz CT molecular complexity index is 589. The summed E-state index contributed by atoms with van der Waals surface area (Å²) in [4.78, 5) is 2.32. The van der Waals surface area contributed by atoms with E-state index in [0.717, 1.165) is 31.7 Å². The van der Waals surface area contributed by atoms with Gasteiger partial charge in [0.05, 0.1) is 0 Å². The molecule has 1 aliphatic rings. The standard InChI is InChI=1S/C18H22ClN3/c1-2-10-18(15-6-4-3-5-7-15)11-13-22(14-12-18)17-9-8-16(19)20-21-17/h3-9H,2,10-14H2,1H3. The molecule has 2 heterocycles. The molecule has 1 aromatic carbocycles. The molecule has 0 atom stereocenters. The lowest BCUT2D eigenvalue weighted by Crippen LogP contribution is -2.43. The number of aromatic nitrogens is 2. The molecule has 3 nitrogen and oxygen atoms in total. The Morgan fingerprint density at radius 1 is 1.05 bits per heavy atom. The van der Waals surface area contributed by atoms with Gasteiger partial charge in [-0.25, -0.2) is 0 Å². The van der Waals surface area contributed by atoms with E-state index in [9.17, 15) is 0 Å². The molecule has 1 aliphatic heterocycles. The van der Waals surface area contributed by atoms with Gasteiger partial charge in [0, 0.05) is 13.1 Å². The van der Waals surface area contributed by atoms with Crippen LogP contribution >= 0.6 is 11.6 Å². The van der Waals surface area contributed by atoms with E-state index in [2.05, 4.69) is 52.4 Å². The van der Waals surface area contributed by atoms with Gasteiger partial charge in [-0.1, -0.05) is 55.3 Å². The van der Waals surface area contributed by atoms with E-state index in [-0.39, 0.29) is 0 Å². The van der Waals surface area contributed by atoms with Gasteiger partial charge in [0.1, 0.15) is 0 Å². The van der Waals surface area contributed by atoms with Crippen molar-refractivity contribution >= 4 is 17.4 Å². The number of piperidine rings is 1. The molecule has 0 unspecified atom stereocenters. The van der Waals surface area contributed by atoms with Crippen LogP contribution in [0.4, 0.5) is 5.82 Å². The summed E-state index contributed by atoms with van der Waals surface area (Å²) >= 11 is 5.83. The van der Waals surface area contributed by atoms with Crippen LogP contribution in [0.3, 0.4) is 0 Å². The van der Waals surface area contributed by atoms with Crippen molar-refractivity contribution in [1.29, 1.82) is 0 Å². The van der Waals surface area contributed by atoms with Crippen molar-refractivity contribution in [2.24, 2.45) is 0 Å². The second-order valence-corrected chi connectivity index (χ2v) is 6.48. The lowest BCUT2D eigenvalue weighted by atomic mass is 9.70. The third kappa shape index (κ3) is 3.09. The van der Waals surface area contributed by atoms with Crippen LogP contribution in [-0.2, 0) is 5.41 Å². The van der Waals surface area contributed by atoms with Crippen molar-refractivity contribution in [3.05, 3.63) is 53.2 Å². The molecule has 1 fully saturated rings. The van der Waals surface area contributed by atoms with E-state index in [0.29, 0.717) is 10.6 Å². The van der Waals surface area contributed by atoms with Crippen LogP contribution in [0.2, 0.25) is 5.15 Å². The Hall–Kier alpha value is -1.61. The largest absolute Gasteiger partial charge is 0.355 e. The minimum atomic E-state index is 0.312. The van der Waals surface area contributed by atoms with Crippen LogP contribution in [-0.4, -0.2) is 23.3 Å². The highest BCUT2D eigenvalue weighted by Gasteiger charge is 2.35. The first-order valence-corrected chi connectivity index (χ1v) is 8.41. The zero-order valence-electron chi connectivity index (χ0n) is 13.0. The highest BCUT2D eigenvalue weighted by Crippen LogP contribution is 2.40. The van der Waals surface area contributed by atoms with Gasteiger partial charge >= 0.3 is 0 Å². The molecule has 3 rings (SSSR count). The van der Waals surface area contributed by atoms with E-state index in [1.165, 1.54) is 18.4 Å². The molecule has 0 spiro atoms. The maximum absolute atomic E-state index is 5.83. The van der Waals surface area contributed by atoms with E-state index >= 15 is 0 Å². The van der Waals surface area contributed by atoms with Crippen LogP contribution < -0.4 is 4.90 Å². The van der Waals surface area contributed by atoms with Gasteiger partial charge in [0.2, 0.25) is 0 Å². The highest BCUT2D eigenvalue weighted by atomic mass is 35.5. The van der Waals surface area contributed by atoms with Gasteiger partial charge < -0.3 is 4.90 Å². The van der Waals surface area contributed by atoms with E-state index < -0.39 is 0 Å². The highest BCUT2D eigenvalue weighted by molar-refractivity contribution is 6.29. The third-order valence-electron chi connectivity index (χ3n) is 4.78. The van der Waals surface area contributed by atoms with Crippen molar-refractivity contribution in [3.63, 3.8) is 0 Å². The second kappa shape index (κ2) is 6.66. The minimum Gasteiger partial charge on any atom is -0.355 e. The molecule has 1 saturated heterocycles. The first-order valence-electron chi connectivity index (χ1n) is 8.03. The number of hydrogen-bond acceptors (Lipinski definition) is 3. The van der Waals surface area contributed by atoms with Crippen molar-refractivity contribution in [2.45, 2.75) is 38.0 Å². The summed E-state index contributed by atoms with van der Waals surface area (Å²) in [6.07, 6.45) is 4.79. The summed E-state index contributed by atoms with van der Waals surface area (Å²) in [5.74, 6) is 0.933. The minimum absolute atomic E-state index is 0.312. The number of halogens is 1. The summed E-state index contributed by atoms with van der Waals surface area (Å²) in [7, 11) is 0. The van der Waals surface area contributed by atoms with E-state index in [1.54, 1.807) is 0 Å². The van der Waals surface area contributed by atoms with Crippen molar-refractivity contribution in [1.82, 2.24) is 10.2 Å². The SMILES string of the molecule is CCCC1(c2ccccc2)CCN(c2ccc(Cl)nn2)CC1. The van der Waals surface area contributed by atoms with E-state index in [1.807, 2.05) is 12.1 Å². The van der Waals surface area contributed by atoms with Crippen LogP contribution in [0.25, 0.3) is 0 Å². The predicted molar refractivity (Wildman–Crippen MR) is 91.5 cm³/mol. The predicted octanol–water partition coefficient (Wildman–Crippen LogP) is 4.47. The second-order valence-electron chi connectivity index (χ2n) is 6.10. The van der Waals surface area contributed by atoms with Crippen LogP contribution in [0.5, 0.6) is 0 Å². The molecule has 0 bridgehead atoms. The Labute approximate surface area is 137 Å². The molecule has 116 valence electrons. The van der Waals surface area contributed by atoms with Crippen LogP contribution in [0.1, 0.15) is 38.2 Å². The van der Waals surface area contributed by atoms with Crippen LogP contribution in [0.15, 0.2) is 42.5 Å². The smallest absolute Gasteiger partial charge is 0.151 e. The molecular formula is C18H22ClN3. The third-order valence-corrected chi connectivity index (χ3v) is 4.98. The fourth-order valence-electron chi connectivity index (χ4n) is 3.59. The molecule has 0 amide bonds. The summed E-state index contributed by atoms with van der Waals surface area (Å²) < 4.78 is 0. The molecule has 0 radical (unpaired) electrons. The van der Waals surface area contributed by atoms with Crippen molar-refractivity contribution < 1.29 is 0 Å². The quantitative estimate of drug-likeness (QED) is 0.833. The topological polar surface area (TPSA) is 29.0 Å². The fourth-order valence-corrected chi connectivity index (χ4v) is 3.70. The Morgan fingerprint density at radius 2 is 1.77 bits per heavy atom. The zero-order chi connectivity index (χ0) is 15.4. The average Bonchev–Trinajstić information content (AvgIpc) is 2.57. The lowest BCUT2D eigenvalue weighted by molar-refractivity contribution is 0.305. The van der Waals surface area contributed by atoms with E-state index in [4.69, 9.17) is 11.6 Å². The average molecular weight is 316 g/mol. The number of hydrogen-bond donors (Lipinski definition) is 0. The fraction of sp³-hybridized carbons (Fsp3) is 0.444. The summed E-state index contributed by atoms with van der Waals surface area (Å²) in [6.45, 7) is 4.32. The van der Waals surface area contributed by atoms with Gasteiger partial charge in [-0.15, -0.1) is 10.2 Å². The summed E-state index contributed by atoms with van der Waals surface area (Å²) in [5, 5.41) is 8.62. The first kappa shape index (κ1) is 15.3. The zero-order valence-corrected chi connectivity index (χ0v) is 13.8. The molecule has 22 heavy (non-hydrogen) atoms. The van der Waals surface area contributed by atoms with Gasteiger partial charge in [-0.05, 0) is 42.4 Å². The number of rotatable bonds is 4. The maximum Gasteiger partial charge on any atom is 0.151 e. The number of nitrogens with zero attached hydrogens (tertiary/aromatic N) is 3. The Morgan fingerprint density at radius 3 is 2.36 bits per heavy atom. The van der Waals surface area contributed by atoms with Gasteiger partial charge in [0.25, 0.3) is 0 Å². The Balaban J connectivity index is 1.76. The van der Waals surface area contributed by atoms with Crippen molar-refractivity contribution in [3.8, 4) is 0 Å². The molecule has 2 aromatic rings. The molecule has 0 aliphatic carbocycles.